The number of anilines is 1. The molecule has 5 nitrogen and oxygen atoms in total. The highest BCUT2D eigenvalue weighted by Gasteiger charge is 2.34. The average molecular weight is 371 g/mol. The van der Waals surface area contributed by atoms with Crippen molar-refractivity contribution >= 4 is 15.7 Å². The average Bonchev–Trinajstić information content (AvgIpc) is 2.94. The Morgan fingerprint density at radius 2 is 1.92 bits per heavy atom. The largest absolute Gasteiger partial charge is 0.417 e. The van der Waals surface area contributed by atoms with Crippen LogP contribution in [-0.2, 0) is 22.6 Å². The third-order valence-corrected chi connectivity index (χ3v) is 5.27. The van der Waals surface area contributed by atoms with Crippen LogP contribution < -0.4 is 4.72 Å². The summed E-state index contributed by atoms with van der Waals surface area (Å²) in [5, 5.41) is 7.88. The summed E-state index contributed by atoms with van der Waals surface area (Å²) >= 11 is 0. The third kappa shape index (κ3) is 4.33. The standard InChI is InChI=1S/C16H16F3N3O2S/c1-10(2)25(23,24)22-12-3-5-13(14(9-12)16(17,18)19)15-6-4-11(21-15)7-8-20/h3-6,9-10,21-22H,7H2,1-2H3. The van der Waals surface area contributed by atoms with Gasteiger partial charge >= 0.3 is 6.18 Å². The van der Waals surface area contributed by atoms with E-state index in [1.54, 1.807) is 0 Å². The Bertz CT molecular complexity index is 909. The van der Waals surface area contributed by atoms with Gasteiger partial charge < -0.3 is 4.98 Å². The van der Waals surface area contributed by atoms with E-state index in [-0.39, 0.29) is 23.4 Å². The normalized spacial score (nSPS) is 12.2. The lowest BCUT2D eigenvalue weighted by Gasteiger charge is -2.16. The number of hydrogen-bond acceptors (Lipinski definition) is 3. The van der Waals surface area contributed by atoms with Crippen molar-refractivity contribution in [1.82, 2.24) is 4.98 Å². The molecule has 0 saturated carbocycles. The van der Waals surface area contributed by atoms with Gasteiger partial charge in [0.05, 0.1) is 23.3 Å². The lowest BCUT2D eigenvalue weighted by atomic mass is 10.0. The Balaban J connectivity index is 2.50. The SMILES string of the molecule is CC(C)S(=O)(=O)Nc1ccc(-c2ccc(CC#N)[nH]2)c(C(F)(F)F)c1. The second-order valence-corrected chi connectivity index (χ2v) is 7.92. The first-order chi connectivity index (χ1) is 11.5. The number of nitriles is 1. The minimum atomic E-state index is -4.67. The van der Waals surface area contributed by atoms with Crippen LogP contribution in [0.5, 0.6) is 0 Å². The van der Waals surface area contributed by atoms with Crippen LogP contribution in [0.4, 0.5) is 18.9 Å². The maximum atomic E-state index is 13.4. The number of rotatable bonds is 5. The molecule has 0 aliphatic rings. The highest BCUT2D eigenvalue weighted by molar-refractivity contribution is 7.93. The van der Waals surface area contributed by atoms with Crippen LogP contribution >= 0.6 is 0 Å². The molecule has 0 aliphatic heterocycles. The zero-order valence-corrected chi connectivity index (χ0v) is 14.3. The van der Waals surface area contributed by atoms with Crippen molar-refractivity contribution in [3.05, 3.63) is 41.6 Å². The van der Waals surface area contributed by atoms with Gasteiger partial charge in [0, 0.05) is 22.6 Å². The number of halogens is 3. The predicted molar refractivity (Wildman–Crippen MR) is 88.2 cm³/mol. The van der Waals surface area contributed by atoms with Gasteiger partial charge in [-0.05, 0) is 38.1 Å². The lowest BCUT2D eigenvalue weighted by Crippen LogP contribution is -2.22. The van der Waals surface area contributed by atoms with E-state index in [4.69, 9.17) is 5.26 Å². The molecule has 0 amide bonds. The van der Waals surface area contributed by atoms with Gasteiger partial charge in [-0.2, -0.15) is 18.4 Å². The van der Waals surface area contributed by atoms with Gasteiger partial charge in [0.25, 0.3) is 0 Å². The third-order valence-electron chi connectivity index (χ3n) is 3.51. The molecule has 25 heavy (non-hydrogen) atoms. The molecular weight excluding hydrogens is 355 g/mol. The van der Waals surface area contributed by atoms with Gasteiger partial charge in [0.15, 0.2) is 0 Å². The molecular formula is C16H16F3N3O2S. The Kier molecular flexibility index (Phi) is 5.13. The maximum Gasteiger partial charge on any atom is 0.417 e. The first kappa shape index (κ1) is 18.9. The van der Waals surface area contributed by atoms with E-state index in [1.807, 2.05) is 6.07 Å². The molecule has 2 rings (SSSR count). The topological polar surface area (TPSA) is 85.8 Å². The van der Waals surface area contributed by atoms with Gasteiger partial charge in [0.1, 0.15) is 0 Å². The van der Waals surface area contributed by atoms with Crippen LogP contribution in [0.15, 0.2) is 30.3 Å². The second kappa shape index (κ2) is 6.80. The van der Waals surface area contributed by atoms with Gasteiger partial charge in [-0.3, -0.25) is 4.72 Å². The van der Waals surface area contributed by atoms with Crippen molar-refractivity contribution < 1.29 is 21.6 Å². The van der Waals surface area contributed by atoms with Crippen molar-refractivity contribution in [3.8, 4) is 17.3 Å². The summed E-state index contributed by atoms with van der Waals surface area (Å²) in [5.41, 5.74) is -0.550. The molecule has 0 bridgehead atoms. The quantitative estimate of drug-likeness (QED) is 0.835. The highest BCUT2D eigenvalue weighted by Crippen LogP contribution is 2.38. The van der Waals surface area contributed by atoms with Crippen LogP contribution in [0, 0.1) is 11.3 Å². The van der Waals surface area contributed by atoms with E-state index < -0.39 is 27.0 Å². The number of aromatic amines is 1. The number of nitrogens with zero attached hydrogens (tertiary/aromatic N) is 1. The molecule has 1 aromatic carbocycles. The van der Waals surface area contributed by atoms with E-state index in [0.717, 1.165) is 6.07 Å². The molecule has 0 radical (unpaired) electrons. The molecule has 1 heterocycles. The highest BCUT2D eigenvalue weighted by atomic mass is 32.2. The fraction of sp³-hybridized carbons (Fsp3) is 0.312. The van der Waals surface area contributed by atoms with E-state index in [9.17, 15) is 21.6 Å². The number of nitrogens with one attached hydrogen (secondary N) is 2. The minimum absolute atomic E-state index is 0.0492. The van der Waals surface area contributed by atoms with Gasteiger partial charge in [-0.25, -0.2) is 8.42 Å². The van der Waals surface area contributed by atoms with Crippen LogP contribution in [0.2, 0.25) is 0 Å². The molecule has 2 N–H and O–H groups in total. The molecule has 2 aromatic rings. The summed E-state index contributed by atoms with van der Waals surface area (Å²) in [6.07, 6.45) is -4.62. The molecule has 0 saturated heterocycles. The molecule has 0 fully saturated rings. The zero-order valence-electron chi connectivity index (χ0n) is 13.5. The Labute approximate surface area is 143 Å². The number of aromatic nitrogens is 1. The summed E-state index contributed by atoms with van der Waals surface area (Å²) in [7, 11) is -3.76. The molecule has 1 aromatic heterocycles. The van der Waals surface area contributed by atoms with Crippen LogP contribution in [0.25, 0.3) is 11.3 Å². The van der Waals surface area contributed by atoms with Gasteiger partial charge in [-0.1, -0.05) is 6.07 Å². The van der Waals surface area contributed by atoms with Crippen molar-refractivity contribution in [1.29, 1.82) is 5.26 Å². The smallest absolute Gasteiger partial charge is 0.358 e. The van der Waals surface area contributed by atoms with Crippen molar-refractivity contribution in [3.63, 3.8) is 0 Å². The first-order valence-corrected chi connectivity index (χ1v) is 8.87. The number of hydrogen-bond donors (Lipinski definition) is 2. The first-order valence-electron chi connectivity index (χ1n) is 7.32. The number of benzene rings is 1. The maximum absolute atomic E-state index is 13.4. The van der Waals surface area contributed by atoms with Crippen LogP contribution in [-0.4, -0.2) is 18.7 Å². The van der Waals surface area contributed by atoms with Crippen LogP contribution in [0.1, 0.15) is 25.1 Å². The fourth-order valence-electron chi connectivity index (χ4n) is 2.14. The van der Waals surface area contributed by atoms with Crippen LogP contribution in [0.3, 0.4) is 0 Å². The van der Waals surface area contributed by atoms with Crippen molar-refractivity contribution in [2.24, 2.45) is 0 Å². The zero-order chi connectivity index (χ0) is 18.8. The van der Waals surface area contributed by atoms with E-state index in [1.165, 1.54) is 38.1 Å². The molecule has 0 atom stereocenters. The summed E-state index contributed by atoms with van der Waals surface area (Å²) in [4.78, 5) is 2.77. The number of sulfonamides is 1. The molecule has 134 valence electrons. The van der Waals surface area contributed by atoms with Gasteiger partial charge in [0.2, 0.25) is 10.0 Å². The monoisotopic (exact) mass is 371 g/mol. The van der Waals surface area contributed by atoms with E-state index >= 15 is 0 Å². The predicted octanol–water partition coefficient (Wildman–Crippen LogP) is 3.92. The molecule has 9 heteroatoms. The summed E-state index contributed by atoms with van der Waals surface area (Å²) in [6.45, 7) is 2.86. The summed E-state index contributed by atoms with van der Waals surface area (Å²) in [6, 6.07) is 8.13. The second-order valence-electron chi connectivity index (χ2n) is 5.69. The summed E-state index contributed by atoms with van der Waals surface area (Å²) < 4.78 is 66.1. The minimum Gasteiger partial charge on any atom is -0.358 e. The summed E-state index contributed by atoms with van der Waals surface area (Å²) in [5.74, 6) is 0. The molecule has 0 spiro atoms. The Hall–Kier alpha value is -2.47. The van der Waals surface area contributed by atoms with E-state index in [2.05, 4.69) is 9.71 Å². The lowest BCUT2D eigenvalue weighted by molar-refractivity contribution is -0.137. The van der Waals surface area contributed by atoms with Crippen molar-refractivity contribution in [2.45, 2.75) is 31.7 Å². The number of H-pyrrole nitrogens is 1. The Morgan fingerprint density at radius 1 is 1.24 bits per heavy atom. The van der Waals surface area contributed by atoms with Gasteiger partial charge in [-0.15, -0.1) is 0 Å². The molecule has 0 aliphatic carbocycles. The number of alkyl halides is 3. The molecule has 0 unspecified atom stereocenters. The Morgan fingerprint density at radius 3 is 2.48 bits per heavy atom. The van der Waals surface area contributed by atoms with E-state index in [0.29, 0.717) is 5.69 Å². The fourth-order valence-corrected chi connectivity index (χ4v) is 2.84. The van der Waals surface area contributed by atoms with Crippen molar-refractivity contribution in [2.75, 3.05) is 4.72 Å².